The van der Waals surface area contributed by atoms with Gasteiger partial charge in [0.25, 0.3) is 0 Å². The highest BCUT2D eigenvalue weighted by Gasteiger charge is 2.12. The molecule has 0 bridgehead atoms. The monoisotopic (exact) mass is 303 g/mol. The zero-order valence-corrected chi connectivity index (χ0v) is 12.2. The van der Waals surface area contributed by atoms with E-state index in [1.54, 1.807) is 17.4 Å². The third-order valence-electron chi connectivity index (χ3n) is 2.79. The molecule has 2 nitrogen and oxygen atoms in total. The fourth-order valence-corrected chi connectivity index (χ4v) is 4.04. The molecule has 5 heteroatoms. The first-order chi connectivity index (χ1) is 9.63. The van der Waals surface area contributed by atoms with Crippen LogP contribution in [0.15, 0.2) is 51.7 Å². The van der Waals surface area contributed by atoms with E-state index >= 15 is 0 Å². The van der Waals surface area contributed by atoms with Gasteiger partial charge in [0.05, 0.1) is 10.2 Å². The summed E-state index contributed by atoms with van der Waals surface area (Å²) in [5.41, 5.74) is 1.33. The van der Waals surface area contributed by atoms with E-state index in [2.05, 4.69) is 4.98 Å². The van der Waals surface area contributed by atoms with E-state index in [-0.39, 0.29) is 5.78 Å². The van der Waals surface area contributed by atoms with Crippen LogP contribution in [0, 0.1) is 5.82 Å². The zero-order valence-electron chi connectivity index (χ0n) is 10.6. The number of Topliss-reactive ketones (excluding diaryl/α,β-unsaturated/α-hetero) is 1. The Labute approximate surface area is 123 Å². The van der Waals surface area contributed by atoms with E-state index in [1.165, 1.54) is 30.8 Å². The summed E-state index contributed by atoms with van der Waals surface area (Å²) < 4.78 is 15.2. The van der Waals surface area contributed by atoms with Crippen LogP contribution >= 0.6 is 23.1 Å². The molecule has 3 rings (SSSR count). The number of halogens is 1. The van der Waals surface area contributed by atoms with E-state index in [9.17, 15) is 9.18 Å². The Morgan fingerprint density at radius 3 is 2.80 bits per heavy atom. The highest BCUT2D eigenvalue weighted by Crippen LogP contribution is 2.36. The van der Waals surface area contributed by atoms with Crippen molar-refractivity contribution < 1.29 is 9.18 Å². The van der Waals surface area contributed by atoms with Crippen LogP contribution in [0.2, 0.25) is 0 Å². The van der Waals surface area contributed by atoms with Gasteiger partial charge in [-0.25, -0.2) is 9.37 Å². The molecular weight excluding hydrogens is 293 g/mol. The Bertz CT molecular complexity index is 764. The maximum absolute atomic E-state index is 13.2. The molecule has 0 unspecified atom stereocenters. The lowest BCUT2D eigenvalue weighted by Gasteiger charge is -2.04. The quantitative estimate of drug-likeness (QED) is 0.652. The lowest BCUT2D eigenvalue weighted by atomic mass is 10.1. The van der Waals surface area contributed by atoms with Gasteiger partial charge in [-0.15, -0.1) is 11.3 Å². The second-order valence-electron chi connectivity index (χ2n) is 4.25. The Hall–Kier alpha value is -1.72. The molecule has 0 fully saturated rings. The highest BCUT2D eigenvalue weighted by molar-refractivity contribution is 8.01. The van der Waals surface area contributed by atoms with Crippen molar-refractivity contribution in [1.29, 1.82) is 0 Å². The minimum atomic E-state index is -0.399. The number of thiazole rings is 1. The standard InChI is InChI=1S/C15H10FNOS2/c1-9(18)11-8-10(16)6-7-13(11)19-15-17-12-4-2-3-5-14(12)20-15/h2-8H,1H3. The third-order valence-corrected chi connectivity index (χ3v) is 4.97. The van der Waals surface area contributed by atoms with Gasteiger partial charge in [-0.3, -0.25) is 4.79 Å². The molecule has 3 aromatic rings. The SMILES string of the molecule is CC(=O)c1cc(F)ccc1Sc1nc2ccccc2s1. The largest absolute Gasteiger partial charge is 0.294 e. The molecule has 20 heavy (non-hydrogen) atoms. The van der Waals surface area contributed by atoms with Crippen molar-refractivity contribution in [2.75, 3.05) is 0 Å². The zero-order chi connectivity index (χ0) is 14.1. The summed E-state index contributed by atoms with van der Waals surface area (Å²) >= 11 is 2.96. The summed E-state index contributed by atoms with van der Waals surface area (Å²) in [6.45, 7) is 1.44. The van der Waals surface area contributed by atoms with Crippen LogP contribution in [0.4, 0.5) is 4.39 Å². The second kappa shape index (κ2) is 5.34. The normalized spacial score (nSPS) is 10.9. The van der Waals surface area contributed by atoms with Crippen molar-refractivity contribution in [2.45, 2.75) is 16.2 Å². The molecular formula is C15H10FNOS2. The molecule has 0 N–H and O–H groups in total. The Balaban J connectivity index is 2.00. The lowest BCUT2D eigenvalue weighted by Crippen LogP contribution is -1.96. The number of aromatic nitrogens is 1. The predicted octanol–water partition coefficient (Wildman–Crippen LogP) is 4.79. The number of carbonyl (C=O) groups is 1. The minimum Gasteiger partial charge on any atom is -0.294 e. The van der Waals surface area contributed by atoms with Gasteiger partial charge in [-0.2, -0.15) is 0 Å². The van der Waals surface area contributed by atoms with E-state index < -0.39 is 5.82 Å². The Morgan fingerprint density at radius 2 is 2.05 bits per heavy atom. The summed E-state index contributed by atoms with van der Waals surface area (Å²) in [5.74, 6) is -0.544. The van der Waals surface area contributed by atoms with Crippen LogP contribution in [-0.4, -0.2) is 10.8 Å². The van der Waals surface area contributed by atoms with Gasteiger partial charge < -0.3 is 0 Å². The average molecular weight is 303 g/mol. The number of para-hydroxylation sites is 1. The minimum absolute atomic E-state index is 0.145. The average Bonchev–Trinajstić information content (AvgIpc) is 2.82. The maximum atomic E-state index is 13.2. The number of ketones is 1. The summed E-state index contributed by atoms with van der Waals surface area (Å²) in [5, 5.41) is 0. The Kier molecular flexibility index (Phi) is 3.54. The molecule has 0 atom stereocenters. The number of benzene rings is 2. The van der Waals surface area contributed by atoms with Crippen LogP contribution in [0.5, 0.6) is 0 Å². The van der Waals surface area contributed by atoms with Crippen LogP contribution in [0.25, 0.3) is 10.2 Å². The van der Waals surface area contributed by atoms with Crippen LogP contribution in [0.1, 0.15) is 17.3 Å². The maximum Gasteiger partial charge on any atom is 0.161 e. The molecule has 1 aromatic heterocycles. The highest BCUT2D eigenvalue weighted by atomic mass is 32.2. The van der Waals surface area contributed by atoms with Crippen LogP contribution < -0.4 is 0 Å². The van der Waals surface area contributed by atoms with Gasteiger partial charge in [-0.1, -0.05) is 23.9 Å². The first kappa shape index (κ1) is 13.3. The summed E-state index contributed by atoms with van der Waals surface area (Å²) in [7, 11) is 0. The third kappa shape index (κ3) is 2.59. The Morgan fingerprint density at radius 1 is 1.25 bits per heavy atom. The molecule has 1 heterocycles. The van der Waals surface area contributed by atoms with Crippen molar-refractivity contribution >= 4 is 39.1 Å². The molecule has 0 saturated carbocycles. The van der Waals surface area contributed by atoms with Gasteiger partial charge in [0.15, 0.2) is 10.1 Å². The van der Waals surface area contributed by atoms with Gasteiger partial charge >= 0.3 is 0 Å². The fourth-order valence-electron chi connectivity index (χ4n) is 1.86. The molecule has 0 radical (unpaired) electrons. The van der Waals surface area contributed by atoms with Crippen LogP contribution in [0.3, 0.4) is 0 Å². The first-order valence-corrected chi connectivity index (χ1v) is 7.61. The number of hydrogen-bond donors (Lipinski definition) is 0. The van der Waals surface area contributed by atoms with E-state index in [4.69, 9.17) is 0 Å². The van der Waals surface area contributed by atoms with Crippen molar-refractivity contribution in [3.05, 3.63) is 53.8 Å². The fraction of sp³-hybridized carbons (Fsp3) is 0.0667. The van der Waals surface area contributed by atoms with Crippen molar-refractivity contribution in [1.82, 2.24) is 4.98 Å². The molecule has 100 valence electrons. The van der Waals surface area contributed by atoms with Crippen LogP contribution in [-0.2, 0) is 0 Å². The molecule has 0 saturated heterocycles. The molecule has 0 aliphatic carbocycles. The summed E-state index contributed by atoms with van der Waals surface area (Å²) in [6, 6.07) is 12.1. The smallest absolute Gasteiger partial charge is 0.161 e. The van der Waals surface area contributed by atoms with Gasteiger partial charge in [0.2, 0.25) is 0 Å². The van der Waals surface area contributed by atoms with Crippen molar-refractivity contribution in [3.63, 3.8) is 0 Å². The summed E-state index contributed by atoms with van der Waals surface area (Å²) in [4.78, 5) is 16.8. The molecule has 0 aliphatic heterocycles. The van der Waals surface area contributed by atoms with E-state index in [1.807, 2.05) is 24.3 Å². The van der Waals surface area contributed by atoms with Gasteiger partial charge in [0, 0.05) is 10.5 Å². The first-order valence-electron chi connectivity index (χ1n) is 5.97. The molecule has 0 aliphatic rings. The van der Waals surface area contributed by atoms with E-state index in [0.29, 0.717) is 5.56 Å². The van der Waals surface area contributed by atoms with Crippen molar-refractivity contribution in [3.8, 4) is 0 Å². The number of nitrogens with zero attached hydrogens (tertiary/aromatic N) is 1. The summed E-state index contributed by atoms with van der Waals surface area (Å²) in [6.07, 6.45) is 0. The second-order valence-corrected chi connectivity index (χ2v) is 6.57. The number of carbonyl (C=O) groups excluding carboxylic acids is 1. The van der Waals surface area contributed by atoms with Crippen molar-refractivity contribution in [2.24, 2.45) is 0 Å². The molecule has 0 spiro atoms. The number of fused-ring (bicyclic) bond motifs is 1. The molecule has 2 aromatic carbocycles. The molecule has 0 amide bonds. The number of rotatable bonds is 3. The number of hydrogen-bond acceptors (Lipinski definition) is 4. The van der Waals surface area contributed by atoms with Gasteiger partial charge in [0.1, 0.15) is 5.82 Å². The van der Waals surface area contributed by atoms with Gasteiger partial charge in [-0.05, 0) is 37.3 Å². The topological polar surface area (TPSA) is 30.0 Å². The van der Waals surface area contributed by atoms with E-state index in [0.717, 1.165) is 19.5 Å². The predicted molar refractivity (Wildman–Crippen MR) is 80.1 cm³/mol. The lowest BCUT2D eigenvalue weighted by molar-refractivity contribution is 0.101.